The highest BCUT2D eigenvalue weighted by Gasteiger charge is 2.03. The predicted molar refractivity (Wildman–Crippen MR) is 58.2 cm³/mol. The van der Waals surface area contributed by atoms with E-state index in [9.17, 15) is 8.78 Å². The van der Waals surface area contributed by atoms with Crippen LogP contribution in [-0.2, 0) is 0 Å². The van der Waals surface area contributed by atoms with Crippen molar-refractivity contribution < 1.29 is 8.78 Å². The van der Waals surface area contributed by atoms with E-state index in [4.69, 9.17) is 11.1 Å². The normalized spacial score (nSPS) is 10.3. The fourth-order valence-electron chi connectivity index (χ4n) is 1.04. The number of thioether (sulfide) groups is 1. The summed E-state index contributed by atoms with van der Waals surface area (Å²) in [6.07, 6.45) is 1.23. The van der Waals surface area contributed by atoms with Gasteiger partial charge in [-0.05, 0) is 24.3 Å². The molecule has 0 amide bonds. The molecule has 2 nitrogen and oxygen atoms in total. The van der Waals surface area contributed by atoms with Crippen LogP contribution in [0.3, 0.4) is 0 Å². The number of hydrogen-bond acceptors (Lipinski definition) is 2. The first kappa shape index (κ1) is 12.0. The van der Waals surface area contributed by atoms with Crippen molar-refractivity contribution in [3.05, 3.63) is 29.8 Å². The molecule has 0 aromatic heterocycles. The molecule has 82 valence electrons. The summed E-state index contributed by atoms with van der Waals surface area (Å²) in [5, 5.41) is 6.99. The molecule has 0 unspecified atom stereocenters. The smallest absolute Gasteiger partial charge is 0.139 e. The maximum atomic E-state index is 13.1. The van der Waals surface area contributed by atoms with Gasteiger partial charge in [-0.15, -0.1) is 11.8 Å². The molecule has 5 heteroatoms. The molecule has 0 aliphatic heterocycles. The van der Waals surface area contributed by atoms with Crippen LogP contribution in [0.1, 0.15) is 12.8 Å². The summed E-state index contributed by atoms with van der Waals surface area (Å²) in [5.41, 5.74) is 5.17. The Balaban J connectivity index is 2.40. The molecule has 0 fully saturated rings. The summed E-state index contributed by atoms with van der Waals surface area (Å²) >= 11 is 1.30. The average molecular weight is 230 g/mol. The van der Waals surface area contributed by atoms with Crippen molar-refractivity contribution >= 4 is 17.6 Å². The highest BCUT2D eigenvalue weighted by molar-refractivity contribution is 7.99. The minimum Gasteiger partial charge on any atom is -0.388 e. The third-order valence-corrected chi connectivity index (χ3v) is 2.88. The Morgan fingerprint density at radius 3 is 2.73 bits per heavy atom. The number of nitrogens with one attached hydrogen (secondary N) is 1. The summed E-state index contributed by atoms with van der Waals surface area (Å²) in [4.78, 5) is 0.431. The van der Waals surface area contributed by atoms with Crippen molar-refractivity contribution in [1.82, 2.24) is 0 Å². The molecule has 0 saturated carbocycles. The van der Waals surface area contributed by atoms with Gasteiger partial charge in [0.1, 0.15) is 11.6 Å². The lowest BCUT2D eigenvalue weighted by Crippen LogP contribution is -2.08. The Morgan fingerprint density at radius 2 is 2.13 bits per heavy atom. The van der Waals surface area contributed by atoms with Gasteiger partial charge in [-0.3, -0.25) is 5.41 Å². The number of halogens is 2. The predicted octanol–water partition coefficient (Wildman–Crippen LogP) is 2.77. The van der Waals surface area contributed by atoms with Crippen LogP contribution in [0.25, 0.3) is 0 Å². The van der Waals surface area contributed by atoms with Crippen molar-refractivity contribution in [3.63, 3.8) is 0 Å². The first-order chi connectivity index (χ1) is 7.09. The van der Waals surface area contributed by atoms with Gasteiger partial charge in [0.05, 0.1) is 5.84 Å². The quantitative estimate of drug-likeness (QED) is 0.353. The summed E-state index contributed by atoms with van der Waals surface area (Å²) in [7, 11) is 0. The van der Waals surface area contributed by atoms with Gasteiger partial charge < -0.3 is 5.73 Å². The van der Waals surface area contributed by atoms with Crippen molar-refractivity contribution in [2.24, 2.45) is 5.73 Å². The van der Waals surface area contributed by atoms with Gasteiger partial charge in [-0.1, -0.05) is 0 Å². The van der Waals surface area contributed by atoms with Crippen molar-refractivity contribution in [2.75, 3.05) is 5.75 Å². The van der Waals surface area contributed by atoms with Crippen LogP contribution in [0.2, 0.25) is 0 Å². The van der Waals surface area contributed by atoms with Gasteiger partial charge in [-0.2, -0.15) is 0 Å². The van der Waals surface area contributed by atoms with Crippen LogP contribution in [0.15, 0.2) is 23.1 Å². The van der Waals surface area contributed by atoms with E-state index in [2.05, 4.69) is 0 Å². The molecule has 1 aromatic carbocycles. The monoisotopic (exact) mass is 230 g/mol. The molecule has 0 aliphatic carbocycles. The first-order valence-electron chi connectivity index (χ1n) is 4.50. The maximum absolute atomic E-state index is 13.1. The second-order valence-electron chi connectivity index (χ2n) is 3.05. The Morgan fingerprint density at radius 1 is 1.40 bits per heavy atom. The number of rotatable bonds is 5. The third-order valence-electron chi connectivity index (χ3n) is 1.74. The second-order valence-corrected chi connectivity index (χ2v) is 4.19. The summed E-state index contributed by atoms with van der Waals surface area (Å²) in [6.45, 7) is 0. The van der Waals surface area contributed by atoms with E-state index in [1.807, 2.05) is 0 Å². The van der Waals surface area contributed by atoms with Crippen LogP contribution in [0, 0.1) is 17.0 Å². The first-order valence-corrected chi connectivity index (χ1v) is 5.49. The molecule has 0 aliphatic rings. The SMILES string of the molecule is N=C(N)CCCSc1ccc(F)cc1F. The molecular weight excluding hydrogens is 218 g/mol. The zero-order chi connectivity index (χ0) is 11.3. The maximum Gasteiger partial charge on any atom is 0.139 e. The Bertz CT molecular complexity index is 355. The van der Waals surface area contributed by atoms with Crippen molar-refractivity contribution in [2.45, 2.75) is 17.7 Å². The van der Waals surface area contributed by atoms with Gasteiger partial charge in [0.2, 0.25) is 0 Å². The fourth-order valence-corrected chi connectivity index (χ4v) is 1.91. The fraction of sp³-hybridized carbons (Fsp3) is 0.300. The molecule has 0 radical (unpaired) electrons. The molecule has 0 atom stereocenters. The van der Waals surface area contributed by atoms with E-state index >= 15 is 0 Å². The second kappa shape index (κ2) is 5.70. The topological polar surface area (TPSA) is 49.9 Å². The highest BCUT2D eigenvalue weighted by atomic mass is 32.2. The van der Waals surface area contributed by atoms with E-state index in [1.54, 1.807) is 0 Å². The lowest BCUT2D eigenvalue weighted by molar-refractivity contribution is 0.565. The number of hydrogen-bond donors (Lipinski definition) is 2. The minimum absolute atomic E-state index is 0.134. The summed E-state index contributed by atoms with van der Waals surface area (Å²) < 4.78 is 25.7. The Labute approximate surface area is 91.4 Å². The molecule has 3 N–H and O–H groups in total. The van der Waals surface area contributed by atoms with Gasteiger partial charge in [0, 0.05) is 17.4 Å². The lowest BCUT2D eigenvalue weighted by Gasteiger charge is -2.02. The van der Waals surface area contributed by atoms with E-state index in [0.29, 0.717) is 17.1 Å². The van der Waals surface area contributed by atoms with Gasteiger partial charge in [-0.25, -0.2) is 8.78 Å². The average Bonchev–Trinajstić information content (AvgIpc) is 2.14. The molecule has 1 rings (SSSR count). The van der Waals surface area contributed by atoms with E-state index in [-0.39, 0.29) is 5.84 Å². The van der Waals surface area contributed by atoms with Crippen LogP contribution < -0.4 is 5.73 Å². The summed E-state index contributed by atoms with van der Waals surface area (Å²) in [5.74, 6) is -0.305. The molecule has 0 spiro atoms. The van der Waals surface area contributed by atoms with Gasteiger partial charge >= 0.3 is 0 Å². The van der Waals surface area contributed by atoms with Crippen molar-refractivity contribution in [3.8, 4) is 0 Å². The molecule has 0 bridgehead atoms. The van der Waals surface area contributed by atoms with E-state index in [1.165, 1.54) is 23.9 Å². The number of benzene rings is 1. The number of nitrogens with two attached hydrogens (primary N) is 1. The zero-order valence-electron chi connectivity index (χ0n) is 8.09. The van der Waals surface area contributed by atoms with Crippen LogP contribution in [-0.4, -0.2) is 11.6 Å². The van der Waals surface area contributed by atoms with E-state index < -0.39 is 11.6 Å². The summed E-state index contributed by atoms with van der Waals surface area (Å²) in [6, 6.07) is 3.52. The van der Waals surface area contributed by atoms with E-state index in [0.717, 1.165) is 12.5 Å². The van der Waals surface area contributed by atoms with Crippen molar-refractivity contribution in [1.29, 1.82) is 5.41 Å². The highest BCUT2D eigenvalue weighted by Crippen LogP contribution is 2.23. The van der Waals surface area contributed by atoms with Crippen LogP contribution in [0.4, 0.5) is 8.78 Å². The molecule has 0 saturated heterocycles. The molecule has 15 heavy (non-hydrogen) atoms. The molecule has 0 heterocycles. The molecule has 1 aromatic rings. The van der Waals surface area contributed by atoms with Gasteiger partial charge in [0.25, 0.3) is 0 Å². The molecular formula is C10H12F2N2S. The zero-order valence-corrected chi connectivity index (χ0v) is 8.91. The largest absolute Gasteiger partial charge is 0.388 e. The minimum atomic E-state index is -0.569. The third kappa shape index (κ3) is 4.29. The standard InChI is InChI=1S/C10H12F2N2S/c11-7-3-4-9(8(12)6-7)15-5-1-2-10(13)14/h3-4,6H,1-2,5H2,(H3,13,14). The Hall–Kier alpha value is -1.10. The lowest BCUT2D eigenvalue weighted by atomic mass is 10.3. The van der Waals surface area contributed by atoms with Crippen LogP contribution in [0.5, 0.6) is 0 Å². The van der Waals surface area contributed by atoms with Gasteiger partial charge in [0.15, 0.2) is 0 Å². The Kier molecular flexibility index (Phi) is 4.55. The number of amidine groups is 1. The van der Waals surface area contributed by atoms with Crippen LogP contribution >= 0.6 is 11.8 Å².